The van der Waals surface area contributed by atoms with E-state index in [9.17, 15) is 14.0 Å². The van der Waals surface area contributed by atoms with Crippen molar-refractivity contribution in [3.63, 3.8) is 0 Å². The van der Waals surface area contributed by atoms with E-state index in [4.69, 9.17) is 5.73 Å². The van der Waals surface area contributed by atoms with Gasteiger partial charge >= 0.3 is 0 Å². The van der Waals surface area contributed by atoms with Crippen LogP contribution in [0.5, 0.6) is 0 Å². The third-order valence-corrected chi connectivity index (χ3v) is 2.31. The predicted molar refractivity (Wildman–Crippen MR) is 72.2 cm³/mol. The molecule has 104 valence electrons. The van der Waals surface area contributed by atoms with E-state index in [-0.39, 0.29) is 24.1 Å². The largest absolute Gasteiger partial charge is 0.324 e. The molecule has 0 bridgehead atoms. The quantitative estimate of drug-likeness (QED) is 0.759. The second kappa shape index (κ2) is 6.84. The first-order chi connectivity index (χ1) is 8.92. The van der Waals surface area contributed by atoms with Crippen molar-refractivity contribution in [2.75, 3.05) is 17.2 Å². The van der Waals surface area contributed by atoms with Crippen LogP contribution in [-0.2, 0) is 9.59 Å². The number of halogens is 1. The molecule has 0 radical (unpaired) electrons. The van der Waals surface area contributed by atoms with Gasteiger partial charge in [-0.15, -0.1) is 0 Å². The van der Waals surface area contributed by atoms with Crippen molar-refractivity contribution in [2.45, 2.75) is 20.3 Å². The highest BCUT2D eigenvalue weighted by atomic mass is 19.1. The second-order valence-electron chi connectivity index (χ2n) is 4.59. The van der Waals surface area contributed by atoms with Gasteiger partial charge in [0.15, 0.2) is 0 Å². The van der Waals surface area contributed by atoms with Gasteiger partial charge in [0.2, 0.25) is 11.8 Å². The van der Waals surface area contributed by atoms with Gasteiger partial charge in [0.1, 0.15) is 5.82 Å². The zero-order chi connectivity index (χ0) is 14.4. The Morgan fingerprint density at radius 3 is 2.42 bits per heavy atom. The molecule has 0 aliphatic carbocycles. The molecule has 6 heteroatoms. The number of nitrogens with one attached hydrogen (secondary N) is 2. The first-order valence-electron chi connectivity index (χ1n) is 6.01. The van der Waals surface area contributed by atoms with Crippen molar-refractivity contribution in [1.29, 1.82) is 0 Å². The standard InChI is InChI=1S/C13H18FN3O2/c1-8(2)5-12(18)16-10-4-3-9(14)6-11(10)17-13(19)7-15/h3-4,6,8H,5,7,15H2,1-2H3,(H,16,18)(H,17,19). The van der Waals surface area contributed by atoms with Crippen LogP contribution in [0, 0.1) is 11.7 Å². The maximum Gasteiger partial charge on any atom is 0.238 e. The van der Waals surface area contributed by atoms with Gasteiger partial charge in [0.05, 0.1) is 17.9 Å². The summed E-state index contributed by atoms with van der Waals surface area (Å²) in [6.07, 6.45) is 0.349. The number of benzene rings is 1. The summed E-state index contributed by atoms with van der Waals surface area (Å²) < 4.78 is 13.2. The molecule has 4 N–H and O–H groups in total. The Morgan fingerprint density at radius 1 is 1.21 bits per heavy atom. The zero-order valence-electron chi connectivity index (χ0n) is 11.0. The molecule has 19 heavy (non-hydrogen) atoms. The molecule has 0 saturated carbocycles. The number of amides is 2. The summed E-state index contributed by atoms with van der Waals surface area (Å²) in [5, 5.41) is 5.08. The lowest BCUT2D eigenvalue weighted by atomic mass is 10.1. The van der Waals surface area contributed by atoms with E-state index in [2.05, 4.69) is 10.6 Å². The lowest BCUT2D eigenvalue weighted by Gasteiger charge is -2.13. The molecule has 5 nitrogen and oxygen atoms in total. The van der Waals surface area contributed by atoms with E-state index in [1.807, 2.05) is 13.8 Å². The van der Waals surface area contributed by atoms with Gasteiger partial charge in [-0.05, 0) is 24.1 Å². The van der Waals surface area contributed by atoms with Crippen LogP contribution in [0.25, 0.3) is 0 Å². The van der Waals surface area contributed by atoms with Gasteiger partial charge in [0, 0.05) is 6.42 Å². The summed E-state index contributed by atoms with van der Waals surface area (Å²) in [5.74, 6) is -0.938. The van der Waals surface area contributed by atoms with Crippen molar-refractivity contribution < 1.29 is 14.0 Å². The summed E-state index contributed by atoms with van der Waals surface area (Å²) >= 11 is 0. The molecule has 0 unspecified atom stereocenters. The van der Waals surface area contributed by atoms with Crippen LogP contribution in [0.1, 0.15) is 20.3 Å². The molecule has 1 rings (SSSR count). The highest BCUT2D eigenvalue weighted by Gasteiger charge is 2.11. The maximum absolute atomic E-state index is 13.2. The minimum atomic E-state index is -0.505. The van der Waals surface area contributed by atoms with Gasteiger partial charge in [0.25, 0.3) is 0 Å². The van der Waals surface area contributed by atoms with Gasteiger partial charge in [-0.3, -0.25) is 9.59 Å². The van der Waals surface area contributed by atoms with E-state index < -0.39 is 11.7 Å². The number of anilines is 2. The van der Waals surface area contributed by atoms with Crippen LogP contribution >= 0.6 is 0 Å². The molecule has 0 spiro atoms. The average Bonchev–Trinajstić information content (AvgIpc) is 2.31. The van der Waals surface area contributed by atoms with Gasteiger partial charge in [-0.1, -0.05) is 13.8 Å². The Kier molecular flexibility index (Phi) is 5.44. The molecular formula is C13H18FN3O2. The number of rotatable bonds is 5. The normalized spacial score (nSPS) is 10.4. The average molecular weight is 267 g/mol. The first kappa shape index (κ1) is 15.1. The molecule has 0 aromatic heterocycles. The predicted octanol–water partition coefficient (Wildman–Crippen LogP) is 1.71. The molecule has 0 aliphatic rings. The van der Waals surface area contributed by atoms with Gasteiger partial charge < -0.3 is 16.4 Å². The Bertz CT molecular complexity index is 475. The van der Waals surface area contributed by atoms with Crippen molar-refractivity contribution in [2.24, 2.45) is 11.7 Å². The molecule has 2 amide bonds. The number of carbonyl (C=O) groups is 2. The lowest BCUT2D eigenvalue weighted by Crippen LogP contribution is -2.23. The summed E-state index contributed by atoms with van der Waals surface area (Å²) in [7, 11) is 0. The van der Waals surface area contributed by atoms with E-state index in [1.165, 1.54) is 12.1 Å². The Hall–Kier alpha value is -1.95. The summed E-state index contributed by atoms with van der Waals surface area (Å²) in [5.41, 5.74) is 5.74. The monoisotopic (exact) mass is 267 g/mol. The van der Waals surface area contributed by atoms with E-state index in [0.717, 1.165) is 6.07 Å². The summed E-state index contributed by atoms with van der Waals surface area (Å²) in [6.45, 7) is 3.62. The third-order valence-electron chi connectivity index (χ3n) is 2.31. The molecule has 0 atom stereocenters. The highest BCUT2D eigenvalue weighted by molar-refractivity contribution is 6.00. The second-order valence-corrected chi connectivity index (χ2v) is 4.59. The zero-order valence-corrected chi connectivity index (χ0v) is 11.0. The first-order valence-corrected chi connectivity index (χ1v) is 6.01. The smallest absolute Gasteiger partial charge is 0.238 e. The van der Waals surface area contributed by atoms with Crippen molar-refractivity contribution in [3.8, 4) is 0 Å². The topological polar surface area (TPSA) is 84.2 Å². The minimum Gasteiger partial charge on any atom is -0.324 e. The molecule has 0 fully saturated rings. The van der Waals surface area contributed by atoms with Crippen LogP contribution in [-0.4, -0.2) is 18.4 Å². The van der Waals surface area contributed by atoms with E-state index >= 15 is 0 Å². The van der Waals surface area contributed by atoms with E-state index in [1.54, 1.807) is 0 Å². The van der Waals surface area contributed by atoms with Crippen LogP contribution < -0.4 is 16.4 Å². The Morgan fingerprint density at radius 2 is 1.84 bits per heavy atom. The highest BCUT2D eigenvalue weighted by Crippen LogP contribution is 2.23. The minimum absolute atomic E-state index is 0.190. The summed E-state index contributed by atoms with van der Waals surface area (Å²) in [6, 6.07) is 3.75. The van der Waals surface area contributed by atoms with Crippen LogP contribution in [0.4, 0.5) is 15.8 Å². The lowest BCUT2D eigenvalue weighted by molar-refractivity contribution is -0.117. The molecule has 0 heterocycles. The fraction of sp³-hybridized carbons (Fsp3) is 0.385. The third kappa shape index (κ3) is 5.05. The number of nitrogens with two attached hydrogens (primary N) is 1. The van der Waals surface area contributed by atoms with Crippen LogP contribution in [0.15, 0.2) is 18.2 Å². The van der Waals surface area contributed by atoms with E-state index in [0.29, 0.717) is 12.1 Å². The fourth-order valence-electron chi connectivity index (χ4n) is 1.50. The molecule has 1 aromatic rings. The summed E-state index contributed by atoms with van der Waals surface area (Å²) in [4.78, 5) is 22.9. The Labute approximate surface area is 111 Å². The molecule has 0 saturated heterocycles. The van der Waals surface area contributed by atoms with Crippen molar-refractivity contribution in [3.05, 3.63) is 24.0 Å². The SMILES string of the molecule is CC(C)CC(=O)Nc1ccc(F)cc1NC(=O)CN. The maximum atomic E-state index is 13.2. The number of carbonyl (C=O) groups excluding carboxylic acids is 2. The van der Waals surface area contributed by atoms with Gasteiger partial charge in [-0.2, -0.15) is 0 Å². The fourth-order valence-corrected chi connectivity index (χ4v) is 1.50. The van der Waals surface area contributed by atoms with Crippen LogP contribution in [0.3, 0.4) is 0 Å². The van der Waals surface area contributed by atoms with Crippen molar-refractivity contribution in [1.82, 2.24) is 0 Å². The Balaban J connectivity index is 2.87. The van der Waals surface area contributed by atoms with Gasteiger partial charge in [-0.25, -0.2) is 4.39 Å². The van der Waals surface area contributed by atoms with Crippen LogP contribution in [0.2, 0.25) is 0 Å². The number of hydrogen-bond acceptors (Lipinski definition) is 3. The molecule has 1 aromatic carbocycles. The molecule has 0 aliphatic heterocycles. The number of hydrogen-bond donors (Lipinski definition) is 3. The van der Waals surface area contributed by atoms with Crippen molar-refractivity contribution >= 4 is 23.2 Å². The molecular weight excluding hydrogens is 249 g/mol.